The first kappa shape index (κ1) is 23.1. The number of carbonyl (C=O) groups excluding carboxylic acids is 1. The average molecular weight is 491 g/mol. The van der Waals surface area contributed by atoms with Gasteiger partial charge >= 0.3 is 0 Å². The molecule has 0 saturated carbocycles. The highest BCUT2D eigenvalue weighted by Crippen LogP contribution is 2.26. The monoisotopic (exact) mass is 490 g/mol. The highest BCUT2D eigenvalue weighted by Gasteiger charge is 2.29. The Hall–Kier alpha value is -3.69. The molecule has 1 N–H and O–H groups in total. The lowest BCUT2D eigenvalue weighted by Crippen LogP contribution is -2.49. The fourth-order valence-electron chi connectivity index (χ4n) is 4.36. The van der Waals surface area contributed by atoms with E-state index >= 15 is 0 Å². The molecule has 5 rings (SSSR count). The molecule has 1 fully saturated rings. The van der Waals surface area contributed by atoms with Gasteiger partial charge in [0, 0.05) is 42.5 Å². The SMILES string of the molecule is O=C(c1cc(-c2cccnc2)nc2ccccc12)N1CCCC(NS(=O)(=O)c2cccc(F)c2)C1. The van der Waals surface area contributed by atoms with E-state index in [0.717, 1.165) is 17.0 Å². The van der Waals surface area contributed by atoms with Gasteiger partial charge in [-0.3, -0.25) is 9.78 Å². The van der Waals surface area contributed by atoms with Crippen molar-refractivity contribution in [3.05, 3.63) is 90.5 Å². The van der Waals surface area contributed by atoms with E-state index in [4.69, 9.17) is 4.98 Å². The van der Waals surface area contributed by atoms with Gasteiger partial charge in [-0.1, -0.05) is 24.3 Å². The Morgan fingerprint density at radius 3 is 2.71 bits per heavy atom. The predicted octanol–water partition coefficient (Wildman–Crippen LogP) is 4.02. The third-order valence-electron chi connectivity index (χ3n) is 6.04. The molecule has 178 valence electrons. The van der Waals surface area contributed by atoms with Crippen molar-refractivity contribution in [2.45, 2.75) is 23.8 Å². The van der Waals surface area contributed by atoms with Gasteiger partial charge in [-0.2, -0.15) is 0 Å². The number of pyridine rings is 2. The van der Waals surface area contributed by atoms with Crippen LogP contribution in [0.25, 0.3) is 22.2 Å². The van der Waals surface area contributed by atoms with Crippen LogP contribution in [-0.2, 0) is 10.0 Å². The Morgan fingerprint density at radius 2 is 1.91 bits per heavy atom. The molecule has 0 aliphatic carbocycles. The van der Waals surface area contributed by atoms with Crippen LogP contribution in [0.5, 0.6) is 0 Å². The van der Waals surface area contributed by atoms with Crippen LogP contribution < -0.4 is 4.72 Å². The largest absolute Gasteiger partial charge is 0.337 e. The molecule has 9 heteroatoms. The molecule has 0 spiro atoms. The number of halogens is 1. The highest BCUT2D eigenvalue weighted by atomic mass is 32.2. The number of nitrogens with zero attached hydrogens (tertiary/aromatic N) is 3. The molecule has 3 heterocycles. The summed E-state index contributed by atoms with van der Waals surface area (Å²) in [5, 5.41) is 0.729. The van der Waals surface area contributed by atoms with Gasteiger partial charge in [-0.15, -0.1) is 0 Å². The number of carbonyl (C=O) groups is 1. The summed E-state index contributed by atoms with van der Waals surface area (Å²) in [6.45, 7) is 0.724. The summed E-state index contributed by atoms with van der Waals surface area (Å²) in [7, 11) is -3.92. The van der Waals surface area contributed by atoms with Crippen molar-refractivity contribution in [1.82, 2.24) is 19.6 Å². The number of fused-ring (bicyclic) bond motifs is 1. The molecule has 1 unspecified atom stereocenters. The molecule has 4 aromatic rings. The number of hydrogen-bond acceptors (Lipinski definition) is 5. The Morgan fingerprint density at radius 1 is 1.06 bits per heavy atom. The van der Waals surface area contributed by atoms with Gasteiger partial charge < -0.3 is 4.90 Å². The lowest BCUT2D eigenvalue weighted by Gasteiger charge is -2.33. The van der Waals surface area contributed by atoms with Gasteiger partial charge in [0.1, 0.15) is 5.82 Å². The zero-order valence-corrected chi connectivity index (χ0v) is 19.6. The average Bonchev–Trinajstić information content (AvgIpc) is 2.88. The molecular weight excluding hydrogens is 467 g/mol. The molecule has 0 bridgehead atoms. The van der Waals surface area contributed by atoms with E-state index in [1.54, 1.807) is 23.4 Å². The molecule has 35 heavy (non-hydrogen) atoms. The number of aromatic nitrogens is 2. The second-order valence-electron chi connectivity index (χ2n) is 8.48. The number of amides is 1. The van der Waals surface area contributed by atoms with Crippen molar-refractivity contribution in [2.24, 2.45) is 0 Å². The smallest absolute Gasteiger partial charge is 0.254 e. The lowest BCUT2D eigenvalue weighted by molar-refractivity contribution is 0.0705. The minimum absolute atomic E-state index is 0.137. The van der Waals surface area contributed by atoms with Crippen LogP contribution in [0.2, 0.25) is 0 Å². The highest BCUT2D eigenvalue weighted by molar-refractivity contribution is 7.89. The van der Waals surface area contributed by atoms with Crippen LogP contribution in [0, 0.1) is 5.82 Å². The van der Waals surface area contributed by atoms with Gasteiger partial charge in [-0.25, -0.2) is 22.5 Å². The molecule has 2 aromatic carbocycles. The molecule has 7 nitrogen and oxygen atoms in total. The van der Waals surface area contributed by atoms with Crippen molar-refractivity contribution >= 4 is 26.8 Å². The third-order valence-corrected chi connectivity index (χ3v) is 7.56. The van der Waals surface area contributed by atoms with E-state index < -0.39 is 21.9 Å². The second kappa shape index (κ2) is 9.52. The number of sulfonamides is 1. The number of rotatable bonds is 5. The molecule has 1 aliphatic rings. The summed E-state index contributed by atoms with van der Waals surface area (Å²) in [6.07, 6.45) is 4.59. The minimum atomic E-state index is -3.92. The van der Waals surface area contributed by atoms with Crippen LogP contribution in [0.15, 0.2) is 84.0 Å². The maximum atomic E-state index is 13.7. The molecule has 2 aromatic heterocycles. The molecule has 1 aliphatic heterocycles. The van der Waals surface area contributed by atoms with Crippen molar-refractivity contribution in [3.63, 3.8) is 0 Å². The van der Waals surface area contributed by atoms with Crippen molar-refractivity contribution < 1.29 is 17.6 Å². The first-order valence-electron chi connectivity index (χ1n) is 11.3. The predicted molar refractivity (Wildman–Crippen MR) is 131 cm³/mol. The Kier molecular flexibility index (Phi) is 6.27. The fraction of sp³-hybridized carbons (Fsp3) is 0.192. The summed E-state index contributed by atoms with van der Waals surface area (Å²) < 4.78 is 41.8. The van der Waals surface area contributed by atoms with Gasteiger partial charge in [0.15, 0.2) is 0 Å². The molecule has 1 amide bonds. The van der Waals surface area contributed by atoms with Crippen LogP contribution in [-0.4, -0.2) is 48.3 Å². The van der Waals surface area contributed by atoms with Gasteiger partial charge in [0.25, 0.3) is 5.91 Å². The number of piperidine rings is 1. The molecule has 1 saturated heterocycles. The van der Waals surface area contributed by atoms with Gasteiger partial charge in [-0.05, 0) is 55.3 Å². The van der Waals surface area contributed by atoms with E-state index in [2.05, 4.69) is 9.71 Å². The second-order valence-corrected chi connectivity index (χ2v) is 10.2. The van der Waals surface area contributed by atoms with Gasteiger partial charge in [0.05, 0.1) is 21.7 Å². The summed E-state index contributed by atoms with van der Waals surface area (Å²) in [5.74, 6) is -0.814. The number of likely N-dealkylation sites (tertiary alicyclic amines) is 1. The van der Waals surface area contributed by atoms with Crippen LogP contribution >= 0.6 is 0 Å². The van der Waals surface area contributed by atoms with Crippen molar-refractivity contribution in [3.8, 4) is 11.3 Å². The number of benzene rings is 2. The normalized spacial score (nSPS) is 16.4. The Bertz CT molecular complexity index is 1500. The quantitative estimate of drug-likeness (QED) is 0.456. The number of hydrogen-bond donors (Lipinski definition) is 1. The van der Waals surface area contributed by atoms with Gasteiger partial charge in [0.2, 0.25) is 10.0 Å². The zero-order chi connectivity index (χ0) is 24.4. The van der Waals surface area contributed by atoms with Crippen LogP contribution in [0.1, 0.15) is 23.2 Å². The fourth-order valence-corrected chi connectivity index (χ4v) is 5.66. The maximum absolute atomic E-state index is 13.7. The summed E-state index contributed by atoms with van der Waals surface area (Å²) in [6, 6.07) is 17.3. The standard InChI is InChI=1S/C26H23FN4O3S/c27-19-7-3-9-21(14-19)35(33,34)30-20-8-5-13-31(17-20)26(32)23-15-25(18-6-4-12-28-16-18)29-24-11-2-1-10-22(23)24/h1-4,6-7,9-12,14-16,20,30H,5,8,13,17H2. The molecule has 1 atom stereocenters. The molecular formula is C26H23FN4O3S. The van der Waals surface area contributed by atoms with Crippen LogP contribution in [0.3, 0.4) is 0 Å². The topological polar surface area (TPSA) is 92.3 Å². The number of para-hydroxylation sites is 1. The zero-order valence-electron chi connectivity index (χ0n) is 18.8. The summed E-state index contributed by atoms with van der Waals surface area (Å²) in [4.78, 5) is 24.1. The molecule has 0 radical (unpaired) electrons. The summed E-state index contributed by atoms with van der Waals surface area (Å²) >= 11 is 0. The first-order chi connectivity index (χ1) is 16.9. The van der Waals surface area contributed by atoms with E-state index in [9.17, 15) is 17.6 Å². The maximum Gasteiger partial charge on any atom is 0.254 e. The van der Waals surface area contributed by atoms with Crippen LogP contribution in [0.4, 0.5) is 4.39 Å². The first-order valence-corrected chi connectivity index (χ1v) is 12.8. The minimum Gasteiger partial charge on any atom is -0.337 e. The Labute approximate surface area is 202 Å². The van der Waals surface area contributed by atoms with E-state index in [-0.39, 0.29) is 17.3 Å². The third kappa shape index (κ3) is 4.91. The van der Waals surface area contributed by atoms with Crippen molar-refractivity contribution in [1.29, 1.82) is 0 Å². The van der Waals surface area contributed by atoms with E-state index in [1.165, 1.54) is 18.2 Å². The van der Waals surface area contributed by atoms with E-state index in [1.807, 2.05) is 36.4 Å². The Balaban J connectivity index is 1.43. The summed E-state index contributed by atoms with van der Waals surface area (Å²) in [5.41, 5.74) is 2.63. The van der Waals surface area contributed by atoms with E-state index in [0.29, 0.717) is 36.2 Å². The lowest BCUT2D eigenvalue weighted by atomic mass is 10.0. The van der Waals surface area contributed by atoms with Crippen molar-refractivity contribution in [2.75, 3.05) is 13.1 Å². The number of nitrogens with one attached hydrogen (secondary N) is 1.